The standard InChI is InChI=1S/C13H21NO2/c1-3-5-7-9-12(13(15)16)11(10-14)8-6-4-2/h9,11H,3-8H2,1-2H3,(H,15,16)/b12-9+. The summed E-state index contributed by atoms with van der Waals surface area (Å²) in [6.45, 7) is 4.10. The summed E-state index contributed by atoms with van der Waals surface area (Å²) in [6, 6.07) is 2.10. The summed E-state index contributed by atoms with van der Waals surface area (Å²) in [5.41, 5.74) is 0.282. The highest BCUT2D eigenvalue weighted by Crippen LogP contribution is 2.19. The minimum absolute atomic E-state index is 0.282. The number of aliphatic carboxylic acids is 1. The van der Waals surface area contributed by atoms with Gasteiger partial charge < -0.3 is 5.11 Å². The topological polar surface area (TPSA) is 61.1 Å². The molecule has 0 aliphatic heterocycles. The Hall–Kier alpha value is -1.30. The zero-order chi connectivity index (χ0) is 12.4. The number of hydrogen-bond acceptors (Lipinski definition) is 2. The molecule has 3 heteroatoms. The summed E-state index contributed by atoms with van der Waals surface area (Å²) in [7, 11) is 0. The van der Waals surface area contributed by atoms with Gasteiger partial charge in [0.05, 0.1) is 17.6 Å². The predicted octanol–water partition coefficient (Wildman–Crippen LogP) is 3.52. The Morgan fingerprint density at radius 2 is 2.00 bits per heavy atom. The molecule has 0 aliphatic carbocycles. The van der Waals surface area contributed by atoms with Gasteiger partial charge >= 0.3 is 5.97 Å². The molecule has 0 rings (SSSR count). The van der Waals surface area contributed by atoms with E-state index in [2.05, 4.69) is 13.0 Å². The van der Waals surface area contributed by atoms with Crippen LogP contribution in [0.5, 0.6) is 0 Å². The van der Waals surface area contributed by atoms with Crippen LogP contribution in [0.25, 0.3) is 0 Å². The minimum Gasteiger partial charge on any atom is -0.478 e. The molecule has 0 radical (unpaired) electrons. The van der Waals surface area contributed by atoms with Crippen LogP contribution in [0.3, 0.4) is 0 Å². The first kappa shape index (κ1) is 14.7. The smallest absolute Gasteiger partial charge is 0.332 e. The van der Waals surface area contributed by atoms with Crippen LogP contribution in [-0.4, -0.2) is 11.1 Å². The first-order valence-corrected chi connectivity index (χ1v) is 6.00. The lowest BCUT2D eigenvalue weighted by Gasteiger charge is -2.09. The number of carboxylic acid groups (broad SMARTS) is 1. The van der Waals surface area contributed by atoms with Gasteiger partial charge in [0, 0.05) is 0 Å². The van der Waals surface area contributed by atoms with Gasteiger partial charge in [-0.1, -0.05) is 45.6 Å². The largest absolute Gasteiger partial charge is 0.478 e. The molecule has 0 saturated carbocycles. The van der Waals surface area contributed by atoms with Gasteiger partial charge in [0.1, 0.15) is 0 Å². The van der Waals surface area contributed by atoms with Crippen LogP contribution in [0.15, 0.2) is 11.6 Å². The number of allylic oxidation sites excluding steroid dienone is 1. The van der Waals surface area contributed by atoms with Crippen molar-refractivity contribution in [3.05, 3.63) is 11.6 Å². The van der Waals surface area contributed by atoms with Crippen molar-refractivity contribution in [3.8, 4) is 6.07 Å². The highest BCUT2D eigenvalue weighted by molar-refractivity contribution is 5.87. The lowest BCUT2D eigenvalue weighted by Crippen LogP contribution is -2.11. The number of carboxylic acids is 1. The van der Waals surface area contributed by atoms with E-state index in [1.807, 2.05) is 6.92 Å². The van der Waals surface area contributed by atoms with Gasteiger partial charge in [-0.15, -0.1) is 0 Å². The van der Waals surface area contributed by atoms with Gasteiger partial charge in [0.15, 0.2) is 0 Å². The van der Waals surface area contributed by atoms with Crippen molar-refractivity contribution in [2.45, 2.75) is 52.4 Å². The van der Waals surface area contributed by atoms with E-state index in [1.165, 1.54) is 0 Å². The summed E-state index contributed by atoms with van der Waals surface area (Å²) >= 11 is 0. The van der Waals surface area contributed by atoms with Gasteiger partial charge in [0.2, 0.25) is 0 Å². The third kappa shape index (κ3) is 5.55. The number of unbranched alkanes of at least 4 members (excludes halogenated alkanes) is 3. The molecule has 0 spiro atoms. The lowest BCUT2D eigenvalue weighted by molar-refractivity contribution is -0.133. The van der Waals surface area contributed by atoms with Gasteiger partial charge in [-0.25, -0.2) is 4.79 Å². The maximum absolute atomic E-state index is 11.0. The van der Waals surface area contributed by atoms with Crippen LogP contribution < -0.4 is 0 Å². The van der Waals surface area contributed by atoms with E-state index >= 15 is 0 Å². The summed E-state index contributed by atoms with van der Waals surface area (Å²) in [6.07, 6.45) is 7.02. The number of nitrogens with zero attached hydrogens (tertiary/aromatic N) is 1. The number of hydrogen-bond donors (Lipinski definition) is 1. The molecular weight excluding hydrogens is 202 g/mol. The molecule has 3 nitrogen and oxygen atoms in total. The van der Waals surface area contributed by atoms with Crippen molar-refractivity contribution in [2.24, 2.45) is 5.92 Å². The Labute approximate surface area is 97.8 Å². The van der Waals surface area contributed by atoms with E-state index in [-0.39, 0.29) is 5.57 Å². The molecule has 0 aromatic rings. The summed E-state index contributed by atoms with van der Waals surface area (Å²) in [5.74, 6) is -1.40. The molecule has 0 aromatic heterocycles. The summed E-state index contributed by atoms with van der Waals surface area (Å²) < 4.78 is 0. The third-order valence-electron chi connectivity index (χ3n) is 2.55. The predicted molar refractivity (Wildman–Crippen MR) is 63.9 cm³/mol. The van der Waals surface area contributed by atoms with E-state index in [0.717, 1.165) is 32.1 Å². The number of rotatable bonds is 8. The van der Waals surface area contributed by atoms with E-state index < -0.39 is 11.9 Å². The second-order valence-corrected chi connectivity index (χ2v) is 3.93. The third-order valence-corrected chi connectivity index (χ3v) is 2.55. The minimum atomic E-state index is -0.946. The highest BCUT2D eigenvalue weighted by Gasteiger charge is 2.18. The Morgan fingerprint density at radius 1 is 1.38 bits per heavy atom. The molecule has 16 heavy (non-hydrogen) atoms. The van der Waals surface area contributed by atoms with Crippen LogP contribution >= 0.6 is 0 Å². The SMILES string of the molecule is CCCC/C=C(/C(=O)O)C(C#N)CCCC. The first-order chi connectivity index (χ1) is 7.67. The molecule has 0 fully saturated rings. The van der Waals surface area contributed by atoms with Gasteiger partial charge in [-0.05, 0) is 12.8 Å². The molecule has 0 saturated heterocycles. The molecule has 1 N–H and O–H groups in total. The quantitative estimate of drug-likeness (QED) is 0.506. The van der Waals surface area contributed by atoms with Crippen molar-refractivity contribution in [2.75, 3.05) is 0 Å². The summed E-state index contributed by atoms with van der Waals surface area (Å²) in [5, 5.41) is 18.0. The maximum Gasteiger partial charge on any atom is 0.332 e. The Balaban J connectivity index is 4.54. The Bertz CT molecular complexity index is 276. The fraction of sp³-hybridized carbons (Fsp3) is 0.692. The van der Waals surface area contributed by atoms with E-state index in [4.69, 9.17) is 10.4 Å². The molecule has 0 bridgehead atoms. The fourth-order valence-electron chi connectivity index (χ4n) is 1.54. The van der Waals surface area contributed by atoms with Crippen LogP contribution in [0.1, 0.15) is 52.4 Å². The van der Waals surface area contributed by atoms with Crippen LogP contribution in [0.4, 0.5) is 0 Å². The number of nitriles is 1. The summed E-state index contributed by atoms with van der Waals surface area (Å²) in [4.78, 5) is 11.0. The van der Waals surface area contributed by atoms with Crippen LogP contribution in [0, 0.1) is 17.2 Å². The molecular formula is C13H21NO2. The average molecular weight is 223 g/mol. The Morgan fingerprint density at radius 3 is 2.44 bits per heavy atom. The van der Waals surface area contributed by atoms with Crippen molar-refractivity contribution < 1.29 is 9.90 Å². The van der Waals surface area contributed by atoms with Crippen molar-refractivity contribution in [3.63, 3.8) is 0 Å². The molecule has 1 unspecified atom stereocenters. The monoisotopic (exact) mass is 223 g/mol. The molecule has 1 atom stereocenters. The van der Waals surface area contributed by atoms with Gasteiger partial charge in [-0.2, -0.15) is 5.26 Å². The van der Waals surface area contributed by atoms with Crippen LogP contribution in [0.2, 0.25) is 0 Å². The normalized spacial score (nSPS) is 13.2. The fourth-order valence-corrected chi connectivity index (χ4v) is 1.54. The van der Waals surface area contributed by atoms with Gasteiger partial charge in [0.25, 0.3) is 0 Å². The second-order valence-electron chi connectivity index (χ2n) is 3.93. The van der Waals surface area contributed by atoms with E-state index in [0.29, 0.717) is 6.42 Å². The molecule has 0 aliphatic rings. The molecule has 0 aromatic carbocycles. The second kappa shape index (κ2) is 8.96. The lowest BCUT2D eigenvalue weighted by atomic mass is 9.93. The molecule has 90 valence electrons. The zero-order valence-electron chi connectivity index (χ0n) is 10.2. The van der Waals surface area contributed by atoms with Gasteiger partial charge in [-0.3, -0.25) is 0 Å². The highest BCUT2D eigenvalue weighted by atomic mass is 16.4. The Kier molecular flexibility index (Phi) is 8.24. The first-order valence-electron chi connectivity index (χ1n) is 6.00. The zero-order valence-corrected chi connectivity index (χ0v) is 10.2. The van der Waals surface area contributed by atoms with Crippen molar-refractivity contribution in [1.82, 2.24) is 0 Å². The molecule has 0 amide bonds. The van der Waals surface area contributed by atoms with Crippen molar-refractivity contribution >= 4 is 5.97 Å². The maximum atomic E-state index is 11.0. The average Bonchev–Trinajstić information content (AvgIpc) is 2.27. The number of carbonyl (C=O) groups is 1. The van der Waals surface area contributed by atoms with Crippen molar-refractivity contribution in [1.29, 1.82) is 5.26 Å². The molecule has 0 heterocycles. The van der Waals surface area contributed by atoms with E-state index in [9.17, 15) is 4.79 Å². The van der Waals surface area contributed by atoms with Crippen LogP contribution in [-0.2, 0) is 4.79 Å². The van der Waals surface area contributed by atoms with E-state index in [1.54, 1.807) is 6.08 Å².